The van der Waals surface area contributed by atoms with Crippen molar-refractivity contribution >= 4 is 23.1 Å². The Bertz CT molecular complexity index is 364. The Morgan fingerprint density at radius 1 is 1.50 bits per heavy atom. The van der Waals surface area contributed by atoms with E-state index in [4.69, 9.17) is 22.4 Å². The number of hydrogen-bond acceptors (Lipinski definition) is 4. The smallest absolute Gasteiger partial charge is 0.147 e. The number of aromatic nitrogens is 1. The van der Waals surface area contributed by atoms with Gasteiger partial charge in [-0.05, 0) is 24.8 Å². The summed E-state index contributed by atoms with van der Waals surface area (Å²) in [5.74, 6) is 1.22. The van der Waals surface area contributed by atoms with E-state index in [0.717, 1.165) is 31.7 Å². The lowest BCUT2D eigenvalue weighted by Crippen LogP contribution is -2.35. The third-order valence-electron chi connectivity index (χ3n) is 3.02. The summed E-state index contributed by atoms with van der Waals surface area (Å²) in [4.78, 5) is 6.41. The van der Waals surface area contributed by atoms with Crippen LogP contribution >= 0.6 is 11.6 Å². The summed E-state index contributed by atoms with van der Waals surface area (Å²) < 4.78 is 0. The number of anilines is 2. The summed E-state index contributed by atoms with van der Waals surface area (Å²) in [5.41, 5.74) is 6.18. The monoisotopic (exact) mass is 241 g/mol. The van der Waals surface area contributed by atoms with Crippen LogP contribution in [0.25, 0.3) is 0 Å². The maximum absolute atomic E-state index is 9.06. The minimum Gasteiger partial charge on any atom is -0.397 e. The van der Waals surface area contributed by atoms with Crippen molar-refractivity contribution in [3.8, 4) is 0 Å². The Labute approximate surface area is 100 Å². The van der Waals surface area contributed by atoms with Gasteiger partial charge in [-0.1, -0.05) is 11.6 Å². The van der Waals surface area contributed by atoms with E-state index in [1.54, 1.807) is 12.3 Å². The van der Waals surface area contributed by atoms with Crippen LogP contribution in [0.15, 0.2) is 12.3 Å². The van der Waals surface area contributed by atoms with Gasteiger partial charge < -0.3 is 15.7 Å². The molecule has 0 aliphatic carbocycles. The molecule has 1 aromatic rings. The van der Waals surface area contributed by atoms with Crippen LogP contribution in [0.3, 0.4) is 0 Å². The first-order chi connectivity index (χ1) is 7.70. The molecule has 4 nitrogen and oxygen atoms in total. The Hall–Kier alpha value is -1.00. The number of aliphatic hydroxyl groups is 1. The first-order valence-electron chi connectivity index (χ1n) is 5.47. The highest BCUT2D eigenvalue weighted by molar-refractivity contribution is 6.33. The van der Waals surface area contributed by atoms with Gasteiger partial charge in [0.05, 0.1) is 16.9 Å². The molecule has 5 heteroatoms. The van der Waals surface area contributed by atoms with Crippen molar-refractivity contribution in [1.29, 1.82) is 0 Å². The molecule has 1 saturated heterocycles. The van der Waals surface area contributed by atoms with Crippen molar-refractivity contribution in [2.45, 2.75) is 12.8 Å². The fourth-order valence-electron chi connectivity index (χ4n) is 2.01. The zero-order valence-corrected chi connectivity index (χ0v) is 9.82. The summed E-state index contributed by atoms with van der Waals surface area (Å²) in [6.45, 7) is 2.06. The third-order valence-corrected chi connectivity index (χ3v) is 3.29. The minimum absolute atomic E-state index is 0.275. The van der Waals surface area contributed by atoms with E-state index in [0.29, 0.717) is 16.6 Å². The summed E-state index contributed by atoms with van der Waals surface area (Å²) in [5, 5.41) is 9.66. The average molecular weight is 242 g/mol. The molecule has 0 radical (unpaired) electrons. The molecule has 0 atom stereocenters. The largest absolute Gasteiger partial charge is 0.397 e. The SMILES string of the molecule is Nc1cnc(N2CCC(CO)CC2)c(Cl)c1. The lowest BCUT2D eigenvalue weighted by molar-refractivity contribution is 0.203. The molecule has 0 spiro atoms. The molecule has 2 rings (SSSR count). The highest BCUT2D eigenvalue weighted by atomic mass is 35.5. The molecule has 88 valence electrons. The number of hydrogen-bond donors (Lipinski definition) is 2. The standard InChI is InChI=1S/C11H16ClN3O/c12-10-5-9(13)6-14-11(10)15-3-1-8(7-16)2-4-15/h5-6,8,16H,1-4,7,13H2. The van der Waals surface area contributed by atoms with Crippen LogP contribution in [0, 0.1) is 5.92 Å². The number of rotatable bonds is 2. The second-order valence-corrected chi connectivity index (χ2v) is 4.59. The molecule has 0 bridgehead atoms. The topological polar surface area (TPSA) is 62.4 Å². The number of pyridine rings is 1. The van der Waals surface area contributed by atoms with Gasteiger partial charge in [-0.15, -0.1) is 0 Å². The van der Waals surface area contributed by atoms with E-state index in [9.17, 15) is 0 Å². The van der Waals surface area contributed by atoms with Crippen molar-refractivity contribution in [3.63, 3.8) is 0 Å². The van der Waals surface area contributed by atoms with E-state index in [1.807, 2.05) is 0 Å². The van der Waals surface area contributed by atoms with Crippen LogP contribution in [0.1, 0.15) is 12.8 Å². The van der Waals surface area contributed by atoms with E-state index < -0.39 is 0 Å². The molecule has 1 aromatic heterocycles. The number of aliphatic hydroxyl groups excluding tert-OH is 1. The number of nitrogens with two attached hydrogens (primary N) is 1. The van der Waals surface area contributed by atoms with Crippen molar-refractivity contribution in [1.82, 2.24) is 4.98 Å². The van der Waals surface area contributed by atoms with E-state index in [1.165, 1.54) is 0 Å². The van der Waals surface area contributed by atoms with Gasteiger partial charge in [-0.25, -0.2) is 4.98 Å². The first kappa shape index (κ1) is 11.5. The molecule has 1 fully saturated rings. The molecule has 0 amide bonds. The molecule has 1 aliphatic rings. The normalized spacial score (nSPS) is 17.8. The van der Waals surface area contributed by atoms with Crippen molar-refractivity contribution < 1.29 is 5.11 Å². The number of halogens is 1. The maximum atomic E-state index is 9.06. The van der Waals surface area contributed by atoms with Gasteiger partial charge in [0, 0.05) is 19.7 Å². The number of nitrogens with zero attached hydrogens (tertiary/aromatic N) is 2. The second kappa shape index (κ2) is 4.89. The maximum Gasteiger partial charge on any atom is 0.147 e. The van der Waals surface area contributed by atoms with Crippen LogP contribution in [0.2, 0.25) is 5.02 Å². The Kier molecular flexibility index (Phi) is 3.51. The molecule has 0 saturated carbocycles. The van der Waals surface area contributed by atoms with Gasteiger partial charge in [-0.2, -0.15) is 0 Å². The Morgan fingerprint density at radius 3 is 2.75 bits per heavy atom. The van der Waals surface area contributed by atoms with Crippen LogP contribution in [-0.4, -0.2) is 29.8 Å². The molecule has 2 heterocycles. The molecule has 1 aliphatic heterocycles. The average Bonchev–Trinajstić information content (AvgIpc) is 2.29. The zero-order valence-electron chi connectivity index (χ0n) is 9.06. The molecular formula is C11H16ClN3O. The highest BCUT2D eigenvalue weighted by Gasteiger charge is 2.20. The number of nitrogen functional groups attached to an aromatic ring is 1. The summed E-state index contributed by atoms with van der Waals surface area (Å²) in [6, 6.07) is 1.72. The minimum atomic E-state index is 0.275. The van der Waals surface area contributed by atoms with Gasteiger partial charge in [0.1, 0.15) is 5.82 Å². The summed E-state index contributed by atoms with van der Waals surface area (Å²) in [7, 11) is 0. The lowest BCUT2D eigenvalue weighted by atomic mass is 9.98. The van der Waals surface area contributed by atoms with Gasteiger partial charge in [0.15, 0.2) is 0 Å². The van der Waals surface area contributed by atoms with Crippen LogP contribution in [0.5, 0.6) is 0 Å². The third kappa shape index (κ3) is 2.39. The van der Waals surface area contributed by atoms with Crippen LogP contribution < -0.4 is 10.6 Å². The van der Waals surface area contributed by atoms with Crippen molar-refractivity contribution in [2.75, 3.05) is 30.3 Å². The number of piperidine rings is 1. The van der Waals surface area contributed by atoms with E-state index in [-0.39, 0.29) is 6.61 Å². The van der Waals surface area contributed by atoms with Gasteiger partial charge >= 0.3 is 0 Å². The van der Waals surface area contributed by atoms with Gasteiger partial charge in [0.2, 0.25) is 0 Å². The second-order valence-electron chi connectivity index (χ2n) is 4.19. The van der Waals surface area contributed by atoms with E-state index in [2.05, 4.69) is 9.88 Å². The van der Waals surface area contributed by atoms with E-state index >= 15 is 0 Å². The first-order valence-corrected chi connectivity index (χ1v) is 5.85. The molecule has 0 aromatic carbocycles. The van der Waals surface area contributed by atoms with Crippen molar-refractivity contribution in [3.05, 3.63) is 17.3 Å². The van der Waals surface area contributed by atoms with Gasteiger partial charge in [0.25, 0.3) is 0 Å². The molecule has 3 N–H and O–H groups in total. The van der Waals surface area contributed by atoms with Crippen LogP contribution in [0.4, 0.5) is 11.5 Å². The van der Waals surface area contributed by atoms with Crippen molar-refractivity contribution in [2.24, 2.45) is 5.92 Å². The molecule has 16 heavy (non-hydrogen) atoms. The lowest BCUT2D eigenvalue weighted by Gasteiger charge is -2.32. The predicted molar refractivity (Wildman–Crippen MR) is 65.7 cm³/mol. The summed E-state index contributed by atoms with van der Waals surface area (Å²) in [6.07, 6.45) is 3.59. The Morgan fingerprint density at radius 2 is 2.19 bits per heavy atom. The zero-order chi connectivity index (χ0) is 11.5. The fraction of sp³-hybridized carbons (Fsp3) is 0.545. The van der Waals surface area contributed by atoms with Gasteiger partial charge in [-0.3, -0.25) is 0 Å². The van der Waals surface area contributed by atoms with Crippen LogP contribution in [-0.2, 0) is 0 Å². The Balaban J connectivity index is 2.08. The predicted octanol–water partition coefficient (Wildman–Crippen LogP) is 1.53. The highest BCUT2D eigenvalue weighted by Crippen LogP contribution is 2.28. The summed E-state index contributed by atoms with van der Waals surface area (Å²) >= 11 is 6.10. The molecule has 0 unspecified atom stereocenters. The fourth-order valence-corrected chi connectivity index (χ4v) is 2.30. The molecular weight excluding hydrogens is 226 g/mol. The quantitative estimate of drug-likeness (QED) is 0.824.